The second-order valence-corrected chi connectivity index (χ2v) is 6.10. The molecule has 3 rings (SSSR count). The van der Waals surface area contributed by atoms with Crippen molar-refractivity contribution in [1.29, 1.82) is 0 Å². The maximum Gasteiger partial charge on any atom is 0.0937 e. The number of thiazole rings is 1. The van der Waals surface area contributed by atoms with E-state index < -0.39 is 0 Å². The summed E-state index contributed by atoms with van der Waals surface area (Å²) in [5, 5.41) is 7.07. The monoisotopic (exact) mass is 251 g/mol. The van der Waals surface area contributed by atoms with E-state index in [-0.39, 0.29) is 0 Å². The van der Waals surface area contributed by atoms with Crippen molar-refractivity contribution in [2.75, 3.05) is 19.6 Å². The van der Waals surface area contributed by atoms with Crippen molar-refractivity contribution in [3.8, 4) is 0 Å². The van der Waals surface area contributed by atoms with Gasteiger partial charge in [0, 0.05) is 43.2 Å². The van der Waals surface area contributed by atoms with E-state index >= 15 is 0 Å². The fourth-order valence-electron chi connectivity index (χ4n) is 3.23. The van der Waals surface area contributed by atoms with Crippen LogP contribution in [-0.4, -0.2) is 41.6 Å². The molecule has 0 aromatic carbocycles. The molecule has 2 atom stereocenters. The fourth-order valence-corrected chi connectivity index (χ4v) is 3.85. The van der Waals surface area contributed by atoms with Crippen LogP contribution in [0.3, 0.4) is 0 Å². The number of hydrogen-bond donors (Lipinski definition) is 1. The third-order valence-corrected chi connectivity index (χ3v) is 4.92. The number of aromatic nitrogens is 1. The first kappa shape index (κ1) is 11.6. The van der Waals surface area contributed by atoms with Gasteiger partial charge in [-0.15, -0.1) is 11.3 Å². The molecule has 4 heteroatoms. The zero-order valence-electron chi connectivity index (χ0n) is 10.3. The molecule has 2 aliphatic rings. The lowest BCUT2D eigenvalue weighted by molar-refractivity contribution is 0.181. The van der Waals surface area contributed by atoms with E-state index in [1.165, 1.54) is 43.8 Å². The van der Waals surface area contributed by atoms with E-state index in [9.17, 15) is 0 Å². The summed E-state index contributed by atoms with van der Waals surface area (Å²) in [6, 6.07) is 1.55. The summed E-state index contributed by atoms with van der Waals surface area (Å²) in [7, 11) is 0. The van der Waals surface area contributed by atoms with Crippen LogP contribution in [-0.2, 0) is 6.42 Å². The molecule has 0 spiro atoms. The molecule has 3 heterocycles. The molecule has 94 valence electrons. The van der Waals surface area contributed by atoms with E-state index in [0.717, 1.165) is 25.0 Å². The summed E-state index contributed by atoms with van der Waals surface area (Å²) >= 11 is 1.77. The SMILES string of the molecule is c1csc(CCNC2CCN3CCCCC23)n1. The average Bonchev–Trinajstić information content (AvgIpc) is 2.99. The Balaban J connectivity index is 1.46. The molecule has 1 aromatic rings. The fraction of sp³-hybridized carbons (Fsp3) is 0.769. The molecular weight excluding hydrogens is 230 g/mol. The Morgan fingerprint density at radius 3 is 3.24 bits per heavy atom. The summed E-state index contributed by atoms with van der Waals surface area (Å²) in [5.41, 5.74) is 0. The van der Waals surface area contributed by atoms with E-state index in [4.69, 9.17) is 0 Å². The Morgan fingerprint density at radius 2 is 2.35 bits per heavy atom. The first-order valence-corrected chi connectivity index (χ1v) is 7.67. The van der Waals surface area contributed by atoms with Crippen LogP contribution in [0.2, 0.25) is 0 Å². The van der Waals surface area contributed by atoms with Gasteiger partial charge in [-0.05, 0) is 25.8 Å². The molecule has 0 radical (unpaired) electrons. The van der Waals surface area contributed by atoms with Gasteiger partial charge in [0.2, 0.25) is 0 Å². The Morgan fingerprint density at radius 1 is 1.35 bits per heavy atom. The minimum atomic E-state index is 0.732. The van der Waals surface area contributed by atoms with Gasteiger partial charge in [-0.1, -0.05) is 6.42 Å². The van der Waals surface area contributed by atoms with Crippen LogP contribution < -0.4 is 5.32 Å². The van der Waals surface area contributed by atoms with Crippen LogP contribution in [0.5, 0.6) is 0 Å². The van der Waals surface area contributed by atoms with Gasteiger partial charge in [-0.25, -0.2) is 4.98 Å². The first-order valence-electron chi connectivity index (χ1n) is 6.79. The van der Waals surface area contributed by atoms with E-state index in [1.54, 1.807) is 11.3 Å². The predicted molar refractivity (Wildman–Crippen MR) is 71.4 cm³/mol. The lowest BCUT2D eigenvalue weighted by Gasteiger charge is -2.32. The molecule has 1 aromatic heterocycles. The zero-order valence-corrected chi connectivity index (χ0v) is 11.1. The third-order valence-electron chi connectivity index (χ3n) is 4.08. The molecule has 2 unspecified atom stereocenters. The largest absolute Gasteiger partial charge is 0.312 e. The van der Waals surface area contributed by atoms with E-state index in [0.29, 0.717) is 0 Å². The third kappa shape index (κ3) is 2.69. The molecule has 0 amide bonds. The first-order chi connectivity index (χ1) is 8.43. The molecule has 0 saturated carbocycles. The Hall–Kier alpha value is -0.450. The molecule has 17 heavy (non-hydrogen) atoms. The van der Waals surface area contributed by atoms with Gasteiger partial charge in [0.15, 0.2) is 0 Å². The van der Waals surface area contributed by atoms with Crippen LogP contribution >= 0.6 is 11.3 Å². The maximum atomic E-state index is 4.33. The van der Waals surface area contributed by atoms with Gasteiger partial charge in [-0.2, -0.15) is 0 Å². The number of nitrogens with zero attached hydrogens (tertiary/aromatic N) is 2. The van der Waals surface area contributed by atoms with Crippen molar-refractivity contribution in [2.45, 2.75) is 44.2 Å². The number of fused-ring (bicyclic) bond motifs is 1. The van der Waals surface area contributed by atoms with Gasteiger partial charge < -0.3 is 5.32 Å². The number of piperidine rings is 1. The molecule has 2 aliphatic heterocycles. The molecule has 2 saturated heterocycles. The highest BCUT2D eigenvalue weighted by Gasteiger charge is 2.34. The zero-order chi connectivity index (χ0) is 11.5. The normalized spacial score (nSPS) is 29.4. The van der Waals surface area contributed by atoms with Gasteiger partial charge in [0.05, 0.1) is 5.01 Å². The number of hydrogen-bond acceptors (Lipinski definition) is 4. The molecule has 3 nitrogen and oxygen atoms in total. The van der Waals surface area contributed by atoms with Gasteiger partial charge in [0.25, 0.3) is 0 Å². The number of nitrogens with one attached hydrogen (secondary N) is 1. The second-order valence-electron chi connectivity index (χ2n) is 5.12. The Kier molecular flexibility index (Phi) is 3.74. The standard InChI is InChI=1S/C13H21N3S/c1-2-8-16-9-5-11(12(16)3-1)14-6-4-13-15-7-10-17-13/h7,10-12,14H,1-6,8-9H2. The lowest BCUT2D eigenvalue weighted by Crippen LogP contribution is -2.45. The molecule has 1 N–H and O–H groups in total. The number of rotatable bonds is 4. The second kappa shape index (κ2) is 5.46. The summed E-state index contributed by atoms with van der Waals surface area (Å²) in [6.07, 6.45) is 8.55. The Labute approximate surface area is 107 Å². The average molecular weight is 251 g/mol. The minimum Gasteiger partial charge on any atom is -0.312 e. The molecule has 2 fully saturated rings. The molecule has 0 bridgehead atoms. The van der Waals surface area contributed by atoms with Crippen molar-refractivity contribution in [3.63, 3.8) is 0 Å². The quantitative estimate of drug-likeness (QED) is 0.886. The summed E-state index contributed by atoms with van der Waals surface area (Å²) < 4.78 is 0. The van der Waals surface area contributed by atoms with Gasteiger partial charge in [-0.3, -0.25) is 4.90 Å². The summed E-state index contributed by atoms with van der Waals surface area (Å²) in [6.45, 7) is 3.72. The predicted octanol–water partition coefficient (Wildman–Crippen LogP) is 1.90. The van der Waals surface area contributed by atoms with Crippen LogP contribution in [0.25, 0.3) is 0 Å². The van der Waals surface area contributed by atoms with Crippen LogP contribution in [0.1, 0.15) is 30.7 Å². The van der Waals surface area contributed by atoms with E-state index in [1.807, 2.05) is 6.20 Å². The van der Waals surface area contributed by atoms with Gasteiger partial charge >= 0.3 is 0 Å². The van der Waals surface area contributed by atoms with Crippen molar-refractivity contribution >= 4 is 11.3 Å². The van der Waals surface area contributed by atoms with Crippen LogP contribution in [0, 0.1) is 0 Å². The van der Waals surface area contributed by atoms with Crippen molar-refractivity contribution in [2.24, 2.45) is 0 Å². The highest BCUT2D eigenvalue weighted by atomic mass is 32.1. The van der Waals surface area contributed by atoms with Crippen LogP contribution in [0.15, 0.2) is 11.6 Å². The highest BCUT2D eigenvalue weighted by Crippen LogP contribution is 2.27. The van der Waals surface area contributed by atoms with Crippen molar-refractivity contribution in [3.05, 3.63) is 16.6 Å². The molecule has 0 aliphatic carbocycles. The van der Waals surface area contributed by atoms with Crippen LogP contribution in [0.4, 0.5) is 0 Å². The smallest absolute Gasteiger partial charge is 0.0937 e. The lowest BCUT2D eigenvalue weighted by atomic mass is 9.99. The summed E-state index contributed by atoms with van der Waals surface area (Å²) in [4.78, 5) is 7.02. The Bertz CT molecular complexity index is 338. The highest BCUT2D eigenvalue weighted by molar-refractivity contribution is 7.09. The molecular formula is C13H21N3S. The van der Waals surface area contributed by atoms with Crippen molar-refractivity contribution < 1.29 is 0 Å². The maximum absolute atomic E-state index is 4.33. The van der Waals surface area contributed by atoms with E-state index in [2.05, 4.69) is 20.6 Å². The summed E-state index contributed by atoms with van der Waals surface area (Å²) in [5.74, 6) is 0. The minimum absolute atomic E-state index is 0.732. The van der Waals surface area contributed by atoms with Gasteiger partial charge in [0.1, 0.15) is 0 Å². The topological polar surface area (TPSA) is 28.2 Å². The van der Waals surface area contributed by atoms with Crippen molar-refractivity contribution in [1.82, 2.24) is 15.2 Å².